The molecule has 0 saturated heterocycles. The molecule has 1 unspecified atom stereocenters. The molecule has 0 aliphatic carbocycles. The first-order chi connectivity index (χ1) is 11.4. The summed E-state index contributed by atoms with van der Waals surface area (Å²) in [5.41, 5.74) is 12.5. The van der Waals surface area contributed by atoms with E-state index in [0.717, 1.165) is 22.6 Å². The number of aromatic nitrogens is 2. The van der Waals surface area contributed by atoms with Crippen LogP contribution in [0.15, 0.2) is 42.6 Å². The van der Waals surface area contributed by atoms with Gasteiger partial charge >= 0.3 is 0 Å². The molecule has 1 atom stereocenters. The molecule has 0 aliphatic rings. The molecule has 2 aromatic heterocycles. The van der Waals surface area contributed by atoms with Crippen LogP contribution in [0, 0.1) is 6.92 Å². The summed E-state index contributed by atoms with van der Waals surface area (Å²) in [6.07, 6.45) is 2.05. The molecule has 0 radical (unpaired) electrons. The van der Waals surface area contributed by atoms with E-state index in [1.807, 2.05) is 13.1 Å². The molecular formula is C20H23N3S. The van der Waals surface area contributed by atoms with Crippen molar-refractivity contribution in [1.82, 2.24) is 9.38 Å². The first kappa shape index (κ1) is 16.7. The van der Waals surface area contributed by atoms with Crippen LogP contribution in [-0.2, 0) is 0 Å². The van der Waals surface area contributed by atoms with Gasteiger partial charge in [0.2, 0.25) is 0 Å². The number of nitrogens with two attached hydrogens (primary N) is 1. The third-order valence-electron chi connectivity index (χ3n) is 4.51. The zero-order valence-corrected chi connectivity index (χ0v) is 15.4. The van der Waals surface area contributed by atoms with Crippen LogP contribution in [0.4, 0.5) is 0 Å². The minimum atomic E-state index is -0.0440. The van der Waals surface area contributed by atoms with Crippen LogP contribution in [0.1, 0.15) is 49.4 Å². The summed E-state index contributed by atoms with van der Waals surface area (Å²) in [7, 11) is 0. The van der Waals surface area contributed by atoms with E-state index in [1.165, 1.54) is 11.1 Å². The maximum absolute atomic E-state index is 5.95. The lowest BCUT2D eigenvalue weighted by Crippen LogP contribution is -2.18. The first-order valence-corrected chi connectivity index (χ1v) is 8.67. The number of pyridine rings is 1. The van der Waals surface area contributed by atoms with Crippen molar-refractivity contribution in [1.29, 1.82) is 0 Å². The highest BCUT2D eigenvalue weighted by atomic mass is 32.1. The maximum Gasteiger partial charge on any atom is 0.137 e. The number of nitrogens with zero attached hydrogens (tertiary/aromatic N) is 2. The van der Waals surface area contributed by atoms with E-state index in [0.29, 0.717) is 10.9 Å². The molecule has 0 amide bonds. The number of fused-ring (bicyclic) bond motifs is 1. The molecule has 3 nitrogen and oxygen atoms in total. The molecule has 1 aromatic carbocycles. The fourth-order valence-electron chi connectivity index (χ4n) is 2.95. The highest BCUT2D eigenvalue weighted by molar-refractivity contribution is 7.80. The molecule has 2 N–H and O–H groups in total. The van der Waals surface area contributed by atoms with Crippen molar-refractivity contribution in [3.63, 3.8) is 0 Å². The quantitative estimate of drug-likeness (QED) is 0.694. The Morgan fingerprint density at radius 2 is 1.79 bits per heavy atom. The van der Waals surface area contributed by atoms with Crippen molar-refractivity contribution in [2.75, 3.05) is 0 Å². The van der Waals surface area contributed by atoms with Gasteiger partial charge in [-0.3, -0.25) is 0 Å². The van der Waals surface area contributed by atoms with Gasteiger partial charge in [0.15, 0.2) is 0 Å². The summed E-state index contributed by atoms with van der Waals surface area (Å²) in [5.74, 6) is 0.468. The normalized spacial score (nSPS) is 12.7. The smallest absolute Gasteiger partial charge is 0.137 e. The van der Waals surface area contributed by atoms with Gasteiger partial charge in [0.1, 0.15) is 5.65 Å². The average Bonchev–Trinajstić information content (AvgIpc) is 2.92. The Morgan fingerprint density at radius 3 is 2.38 bits per heavy atom. The number of hydrogen-bond acceptors (Lipinski definition) is 2. The third-order valence-corrected chi connectivity index (χ3v) is 4.86. The Morgan fingerprint density at radius 1 is 1.12 bits per heavy atom. The number of aryl methyl sites for hydroxylation is 1. The Labute approximate surface area is 148 Å². The lowest BCUT2D eigenvalue weighted by molar-refractivity contribution is 0.867. The van der Waals surface area contributed by atoms with Gasteiger partial charge in [-0.05, 0) is 36.1 Å². The first-order valence-electron chi connectivity index (χ1n) is 8.26. The number of rotatable bonds is 4. The van der Waals surface area contributed by atoms with Crippen molar-refractivity contribution in [2.24, 2.45) is 5.73 Å². The Balaban J connectivity index is 2.22. The number of hydrogen-bond donors (Lipinski definition) is 1. The highest BCUT2D eigenvalue weighted by Crippen LogP contribution is 2.31. The molecule has 3 rings (SSSR count). The molecule has 0 aliphatic heterocycles. The minimum absolute atomic E-state index is 0.0440. The summed E-state index contributed by atoms with van der Waals surface area (Å²) >= 11 is 5.26. The summed E-state index contributed by atoms with van der Waals surface area (Å²) in [4.78, 5) is 5.35. The Kier molecular flexibility index (Phi) is 4.41. The number of imidazole rings is 1. The van der Waals surface area contributed by atoms with E-state index >= 15 is 0 Å². The number of benzene rings is 1. The highest BCUT2D eigenvalue weighted by Gasteiger charge is 2.21. The molecular weight excluding hydrogens is 314 g/mol. The lowest BCUT2D eigenvalue weighted by Gasteiger charge is -2.13. The predicted octanol–water partition coefficient (Wildman–Crippen LogP) is 4.82. The van der Waals surface area contributed by atoms with Gasteiger partial charge in [-0.1, -0.05) is 57.3 Å². The lowest BCUT2D eigenvalue weighted by atomic mass is 9.98. The molecule has 0 spiro atoms. The largest absolute Gasteiger partial charge is 0.393 e. The van der Waals surface area contributed by atoms with E-state index in [2.05, 4.69) is 61.6 Å². The van der Waals surface area contributed by atoms with Crippen LogP contribution in [0.3, 0.4) is 0 Å². The topological polar surface area (TPSA) is 43.3 Å². The molecule has 124 valence electrons. The molecule has 0 fully saturated rings. The fraction of sp³-hybridized carbons (Fsp3) is 0.300. The second-order valence-corrected chi connectivity index (χ2v) is 7.15. The minimum Gasteiger partial charge on any atom is -0.393 e. The van der Waals surface area contributed by atoms with Crippen molar-refractivity contribution >= 4 is 22.9 Å². The van der Waals surface area contributed by atoms with Crippen molar-refractivity contribution < 1.29 is 0 Å². The van der Waals surface area contributed by atoms with Crippen LogP contribution in [0.5, 0.6) is 0 Å². The van der Waals surface area contributed by atoms with Crippen LogP contribution in [-0.4, -0.2) is 14.4 Å². The van der Waals surface area contributed by atoms with Crippen LogP contribution >= 0.6 is 12.2 Å². The van der Waals surface area contributed by atoms with Gasteiger partial charge < -0.3 is 10.1 Å². The van der Waals surface area contributed by atoms with Crippen LogP contribution < -0.4 is 5.73 Å². The predicted molar refractivity (Wildman–Crippen MR) is 105 cm³/mol. The van der Waals surface area contributed by atoms with Crippen LogP contribution in [0.25, 0.3) is 16.9 Å². The van der Waals surface area contributed by atoms with E-state index in [4.69, 9.17) is 22.9 Å². The molecule has 0 bridgehead atoms. The Bertz CT molecular complexity index is 891. The standard InChI is InChI=1S/C20H23N3S/c1-12(2)15-5-7-16(8-6-15)18-19(14(4)20(21)24)23-10-9-13(3)11-17(23)22-18/h5-12,14H,1-4H3,(H2,21,24). The average molecular weight is 337 g/mol. The fourth-order valence-corrected chi connectivity index (χ4v) is 3.06. The number of thiocarbonyl (C=S) groups is 1. The van der Waals surface area contributed by atoms with Gasteiger partial charge in [-0.25, -0.2) is 4.98 Å². The monoisotopic (exact) mass is 337 g/mol. The second-order valence-electron chi connectivity index (χ2n) is 6.68. The second kappa shape index (κ2) is 6.36. The van der Waals surface area contributed by atoms with Crippen molar-refractivity contribution in [2.45, 2.75) is 39.5 Å². The zero-order valence-electron chi connectivity index (χ0n) is 14.6. The molecule has 0 saturated carbocycles. The van der Waals surface area contributed by atoms with Gasteiger partial charge in [-0.2, -0.15) is 0 Å². The van der Waals surface area contributed by atoms with E-state index < -0.39 is 0 Å². The van der Waals surface area contributed by atoms with Gasteiger partial charge in [0.05, 0.1) is 16.4 Å². The molecule has 2 heterocycles. The molecule has 4 heteroatoms. The van der Waals surface area contributed by atoms with E-state index in [9.17, 15) is 0 Å². The Hall–Kier alpha value is -2.20. The van der Waals surface area contributed by atoms with Crippen molar-refractivity contribution in [3.05, 3.63) is 59.4 Å². The zero-order chi connectivity index (χ0) is 17.4. The van der Waals surface area contributed by atoms with Gasteiger partial charge in [0, 0.05) is 17.7 Å². The van der Waals surface area contributed by atoms with Crippen molar-refractivity contribution in [3.8, 4) is 11.3 Å². The van der Waals surface area contributed by atoms with Gasteiger partial charge in [0.25, 0.3) is 0 Å². The molecule has 3 aromatic rings. The third kappa shape index (κ3) is 2.94. The SMILES string of the molecule is Cc1ccn2c(C(C)C(N)=S)c(-c3ccc(C(C)C)cc3)nc2c1. The maximum atomic E-state index is 5.95. The summed E-state index contributed by atoms with van der Waals surface area (Å²) in [5, 5.41) is 0. The van der Waals surface area contributed by atoms with E-state index in [1.54, 1.807) is 0 Å². The van der Waals surface area contributed by atoms with Gasteiger partial charge in [-0.15, -0.1) is 0 Å². The summed E-state index contributed by atoms with van der Waals surface area (Å²) in [6, 6.07) is 12.8. The van der Waals surface area contributed by atoms with E-state index in [-0.39, 0.29) is 5.92 Å². The molecule has 24 heavy (non-hydrogen) atoms. The summed E-state index contributed by atoms with van der Waals surface area (Å²) in [6.45, 7) is 8.51. The summed E-state index contributed by atoms with van der Waals surface area (Å²) < 4.78 is 2.10. The van der Waals surface area contributed by atoms with Crippen LogP contribution in [0.2, 0.25) is 0 Å².